The van der Waals surface area contributed by atoms with Crippen LogP contribution in [-0.2, 0) is 14.3 Å². The molecule has 0 spiro atoms. The van der Waals surface area contributed by atoms with Crippen molar-refractivity contribution in [2.75, 3.05) is 18.5 Å². The molecule has 0 atom stereocenters. The van der Waals surface area contributed by atoms with E-state index < -0.39 is 18.5 Å². The molecule has 3 aromatic rings. The first-order chi connectivity index (χ1) is 15.5. The largest absolute Gasteiger partial charge is 0.490 e. The molecule has 1 N–H and O–H groups in total. The molecule has 3 rings (SSSR count). The van der Waals surface area contributed by atoms with Crippen molar-refractivity contribution in [3.63, 3.8) is 0 Å². The lowest BCUT2D eigenvalue weighted by Gasteiger charge is -2.07. The molecule has 0 saturated heterocycles. The minimum absolute atomic E-state index is 0.396. The first-order valence-electron chi connectivity index (χ1n) is 10.1. The van der Waals surface area contributed by atoms with Gasteiger partial charge in [0, 0.05) is 6.08 Å². The number of carbonyl (C=O) groups is 2. The fourth-order valence-corrected chi connectivity index (χ4v) is 3.00. The number of ether oxygens (including phenoxy) is 2. The summed E-state index contributed by atoms with van der Waals surface area (Å²) in [5.41, 5.74) is 3.76. The van der Waals surface area contributed by atoms with Crippen LogP contribution in [0.25, 0.3) is 11.8 Å². The van der Waals surface area contributed by atoms with Crippen LogP contribution in [0.2, 0.25) is 0 Å². The van der Waals surface area contributed by atoms with Crippen molar-refractivity contribution in [1.82, 2.24) is 9.78 Å². The summed E-state index contributed by atoms with van der Waals surface area (Å²) >= 11 is 0. The van der Waals surface area contributed by atoms with Gasteiger partial charge in [-0.25, -0.2) is 9.48 Å². The molecule has 2 aromatic carbocycles. The Morgan fingerprint density at radius 2 is 1.81 bits per heavy atom. The van der Waals surface area contributed by atoms with E-state index in [9.17, 15) is 9.59 Å². The monoisotopic (exact) mass is 431 g/mol. The SMILES string of the molecule is C=CCOc1ccc(/C=C/C(=O)OCC(=O)Nc2c(C)nn(-c3ccccc3)c2C)cc1. The standard InChI is InChI=1S/C25H25N3O4/c1-4-16-31-22-13-10-20(11-14-22)12-15-24(30)32-17-23(29)26-25-18(2)27-28(19(25)3)21-8-6-5-7-9-21/h4-15H,1,16-17H2,2-3H3,(H,26,29)/b15-12+. The van der Waals surface area contributed by atoms with Gasteiger partial charge in [-0.2, -0.15) is 5.10 Å². The molecule has 0 aliphatic rings. The van der Waals surface area contributed by atoms with Crippen LogP contribution in [0.4, 0.5) is 5.69 Å². The van der Waals surface area contributed by atoms with Gasteiger partial charge in [-0.3, -0.25) is 4.79 Å². The first kappa shape index (κ1) is 22.6. The highest BCUT2D eigenvalue weighted by molar-refractivity contribution is 5.95. The Kier molecular flexibility index (Phi) is 7.59. The average molecular weight is 431 g/mol. The summed E-state index contributed by atoms with van der Waals surface area (Å²) in [6.45, 7) is 7.30. The third kappa shape index (κ3) is 5.95. The Hall–Kier alpha value is -4.13. The van der Waals surface area contributed by atoms with Crippen molar-refractivity contribution in [3.8, 4) is 11.4 Å². The first-order valence-corrected chi connectivity index (χ1v) is 10.1. The highest BCUT2D eigenvalue weighted by atomic mass is 16.5. The maximum absolute atomic E-state index is 12.3. The molecular weight excluding hydrogens is 406 g/mol. The topological polar surface area (TPSA) is 82.4 Å². The molecule has 0 aliphatic carbocycles. The number of rotatable bonds is 9. The zero-order chi connectivity index (χ0) is 22.9. The van der Waals surface area contributed by atoms with Gasteiger partial charge < -0.3 is 14.8 Å². The molecule has 0 unspecified atom stereocenters. The third-order valence-corrected chi connectivity index (χ3v) is 4.56. The van der Waals surface area contributed by atoms with Gasteiger partial charge in [0.2, 0.25) is 0 Å². The number of amides is 1. The number of para-hydroxylation sites is 1. The predicted molar refractivity (Wildman–Crippen MR) is 124 cm³/mol. The average Bonchev–Trinajstić information content (AvgIpc) is 3.09. The molecule has 1 amide bonds. The van der Waals surface area contributed by atoms with Gasteiger partial charge in [0.05, 0.1) is 22.8 Å². The van der Waals surface area contributed by atoms with Gasteiger partial charge in [0.25, 0.3) is 5.91 Å². The summed E-state index contributed by atoms with van der Waals surface area (Å²) in [6.07, 6.45) is 4.55. The van der Waals surface area contributed by atoms with Crippen LogP contribution in [0, 0.1) is 13.8 Å². The quantitative estimate of drug-likeness (QED) is 0.311. The number of anilines is 1. The molecular formula is C25H25N3O4. The molecule has 0 saturated carbocycles. The second-order valence-electron chi connectivity index (χ2n) is 6.95. The van der Waals surface area contributed by atoms with Crippen LogP contribution in [0.5, 0.6) is 5.75 Å². The summed E-state index contributed by atoms with van der Waals surface area (Å²) < 4.78 is 12.2. The van der Waals surface area contributed by atoms with Gasteiger partial charge in [0.15, 0.2) is 6.61 Å². The summed E-state index contributed by atoms with van der Waals surface area (Å²) in [6, 6.07) is 16.8. The van der Waals surface area contributed by atoms with Crippen molar-refractivity contribution in [3.05, 3.63) is 90.3 Å². The van der Waals surface area contributed by atoms with Gasteiger partial charge in [-0.15, -0.1) is 0 Å². The number of nitrogens with one attached hydrogen (secondary N) is 1. The molecule has 1 aromatic heterocycles. The molecule has 0 radical (unpaired) electrons. The lowest BCUT2D eigenvalue weighted by Crippen LogP contribution is -2.20. The van der Waals surface area contributed by atoms with E-state index in [1.165, 1.54) is 6.08 Å². The van der Waals surface area contributed by atoms with Crippen LogP contribution < -0.4 is 10.1 Å². The van der Waals surface area contributed by atoms with Crippen molar-refractivity contribution < 1.29 is 19.1 Å². The van der Waals surface area contributed by atoms with Gasteiger partial charge in [-0.1, -0.05) is 43.0 Å². The number of esters is 1. The number of hydrogen-bond acceptors (Lipinski definition) is 5. The second kappa shape index (κ2) is 10.8. The van der Waals surface area contributed by atoms with E-state index in [4.69, 9.17) is 9.47 Å². The zero-order valence-electron chi connectivity index (χ0n) is 18.1. The molecule has 0 aliphatic heterocycles. The summed E-state index contributed by atoms with van der Waals surface area (Å²) in [5, 5.41) is 7.26. The fraction of sp³-hybridized carbons (Fsp3) is 0.160. The van der Waals surface area contributed by atoms with Crippen LogP contribution in [-0.4, -0.2) is 34.9 Å². The number of benzene rings is 2. The minimum Gasteiger partial charge on any atom is -0.490 e. The van der Waals surface area contributed by atoms with Crippen LogP contribution in [0.15, 0.2) is 73.3 Å². The van der Waals surface area contributed by atoms with Gasteiger partial charge in [0.1, 0.15) is 12.4 Å². The fourth-order valence-electron chi connectivity index (χ4n) is 3.00. The van der Waals surface area contributed by atoms with Crippen molar-refractivity contribution in [2.45, 2.75) is 13.8 Å². The summed E-state index contributed by atoms with van der Waals surface area (Å²) in [4.78, 5) is 24.3. The lowest BCUT2D eigenvalue weighted by molar-refractivity contribution is -0.142. The Labute approximate surface area is 187 Å². The number of hydrogen-bond donors (Lipinski definition) is 1. The second-order valence-corrected chi connectivity index (χ2v) is 6.95. The molecule has 32 heavy (non-hydrogen) atoms. The Morgan fingerprint density at radius 1 is 1.09 bits per heavy atom. The molecule has 0 bridgehead atoms. The molecule has 7 nitrogen and oxygen atoms in total. The van der Waals surface area contributed by atoms with Crippen LogP contribution in [0.3, 0.4) is 0 Å². The maximum Gasteiger partial charge on any atom is 0.331 e. The van der Waals surface area contributed by atoms with Crippen molar-refractivity contribution in [1.29, 1.82) is 0 Å². The molecule has 7 heteroatoms. The summed E-state index contributed by atoms with van der Waals surface area (Å²) in [5.74, 6) is -0.336. The molecule has 1 heterocycles. The van der Waals surface area contributed by atoms with E-state index in [2.05, 4.69) is 17.0 Å². The number of nitrogens with zero attached hydrogens (tertiary/aromatic N) is 2. The number of carbonyl (C=O) groups excluding carboxylic acids is 2. The lowest BCUT2D eigenvalue weighted by atomic mass is 10.2. The Bertz CT molecular complexity index is 1120. The van der Waals surface area contributed by atoms with Crippen molar-refractivity contribution >= 4 is 23.6 Å². The number of aromatic nitrogens is 2. The normalized spacial score (nSPS) is 10.7. The Balaban J connectivity index is 1.53. The minimum atomic E-state index is -0.611. The van der Waals surface area contributed by atoms with E-state index in [0.717, 1.165) is 16.9 Å². The van der Waals surface area contributed by atoms with Gasteiger partial charge in [-0.05, 0) is 49.8 Å². The van der Waals surface area contributed by atoms with Gasteiger partial charge >= 0.3 is 5.97 Å². The van der Waals surface area contributed by atoms with Crippen LogP contribution >= 0.6 is 0 Å². The van der Waals surface area contributed by atoms with E-state index in [-0.39, 0.29) is 0 Å². The Morgan fingerprint density at radius 3 is 2.50 bits per heavy atom. The zero-order valence-corrected chi connectivity index (χ0v) is 18.1. The van der Waals surface area contributed by atoms with Crippen molar-refractivity contribution in [2.24, 2.45) is 0 Å². The highest BCUT2D eigenvalue weighted by Crippen LogP contribution is 2.22. The highest BCUT2D eigenvalue weighted by Gasteiger charge is 2.15. The molecule has 0 fully saturated rings. The summed E-state index contributed by atoms with van der Waals surface area (Å²) in [7, 11) is 0. The van der Waals surface area contributed by atoms with E-state index in [0.29, 0.717) is 23.7 Å². The smallest absolute Gasteiger partial charge is 0.331 e. The maximum atomic E-state index is 12.3. The van der Waals surface area contributed by atoms with E-state index >= 15 is 0 Å². The van der Waals surface area contributed by atoms with E-state index in [1.54, 1.807) is 29.0 Å². The predicted octanol–water partition coefficient (Wildman–Crippen LogP) is 4.25. The molecule has 164 valence electrons. The van der Waals surface area contributed by atoms with E-state index in [1.807, 2.05) is 56.3 Å². The number of aryl methyl sites for hydroxylation is 1. The third-order valence-electron chi connectivity index (χ3n) is 4.56. The van der Waals surface area contributed by atoms with Crippen LogP contribution in [0.1, 0.15) is 17.0 Å².